The number of rotatable bonds is 2. The van der Waals surface area contributed by atoms with Gasteiger partial charge in [-0.3, -0.25) is 0 Å². The Morgan fingerprint density at radius 2 is 1.41 bits per heavy atom. The third kappa shape index (κ3) is 5.62. The molecule has 120 valence electrons. The molecule has 2 rings (SSSR count). The number of hydrogen-bond acceptors (Lipinski definition) is 0. The largest absolute Gasteiger partial charge is 0.207 e. The normalized spacial score (nSPS) is 10.6. The van der Waals surface area contributed by atoms with Crippen LogP contribution >= 0.6 is 23.2 Å². The van der Waals surface area contributed by atoms with Crippen LogP contribution in [0.1, 0.15) is 56.2 Å². The second-order valence-electron chi connectivity index (χ2n) is 5.98. The van der Waals surface area contributed by atoms with Gasteiger partial charge in [-0.25, -0.2) is 4.39 Å². The predicted octanol–water partition coefficient (Wildman–Crippen LogP) is 7.37. The first-order valence-corrected chi connectivity index (χ1v) is 8.19. The number of aryl methyl sites for hydroxylation is 1. The van der Waals surface area contributed by atoms with E-state index in [1.54, 1.807) is 6.07 Å². The highest BCUT2D eigenvalue weighted by Gasteiger charge is 2.04. The lowest BCUT2D eigenvalue weighted by Gasteiger charge is -2.08. The Hall–Kier alpha value is -1.05. The molecule has 0 spiro atoms. The highest BCUT2D eigenvalue weighted by Crippen LogP contribution is 2.24. The topological polar surface area (TPSA) is 0 Å². The average Bonchev–Trinajstić information content (AvgIpc) is 2.41. The Kier molecular flexibility index (Phi) is 7.38. The van der Waals surface area contributed by atoms with Crippen LogP contribution < -0.4 is 0 Å². The lowest BCUT2D eigenvalue weighted by molar-refractivity contribution is 0.626. The summed E-state index contributed by atoms with van der Waals surface area (Å²) < 4.78 is 12.5. The van der Waals surface area contributed by atoms with Crippen LogP contribution in [0.4, 0.5) is 4.39 Å². The summed E-state index contributed by atoms with van der Waals surface area (Å²) in [5.74, 6) is 0.635. The molecule has 0 saturated carbocycles. The van der Waals surface area contributed by atoms with Crippen molar-refractivity contribution in [3.8, 4) is 0 Å². The van der Waals surface area contributed by atoms with E-state index in [0.717, 1.165) is 10.6 Å². The molecule has 0 saturated heterocycles. The van der Waals surface area contributed by atoms with E-state index in [1.165, 1.54) is 23.3 Å². The highest BCUT2D eigenvalue weighted by atomic mass is 35.5. The summed E-state index contributed by atoms with van der Waals surface area (Å²) >= 11 is 11.6. The maximum atomic E-state index is 12.5. The molecular formula is C19H23Cl2F. The third-order valence-electron chi connectivity index (χ3n) is 3.45. The minimum atomic E-state index is -0.278. The molecule has 0 aliphatic heterocycles. The smallest absolute Gasteiger partial charge is 0.124 e. The molecule has 0 N–H and O–H groups in total. The summed E-state index contributed by atoms with van der Waals surface area (Å²) in [7, 11) is 0. The monoisotopic (exact) mass is 340 g/mol. The van der Waals surface area contributed by atoms with Gasteiger partial charge in [0.25, 0.3) is 0 Å². The van der Waals surface area contributed by atoms with Crippen molar-refractivity contribution in [2.75, 3.05) is 0 Å². The Balaban J connectivity index is 0.000000220. The summed E-state index contributed by atoms with van der Waals surface area (Å²) in [4.78, 5) is 0. The molecule has 2 aromatic carbocycles. The molecule has 0 amide bonds. The van der Waals surface area contributed by atoms with Crippen molar-refractivity contribution < 1.29 is 4.39 Å². The van der Waals surface area contributed by atoms with Crippen molar-refractivity contribution >= 4 is 23.2 Å². The van der Waals surface area contributed by atoms with Gasteiger partial charge in [-0.1, -0.05) is 63.0 Å². The van der Waals surface area contributed by atoms with Gasteiger partial charge in [0.15, 0.2) is 0 Å². The van der Waals surface area contributed by atoms with Crippen LogP contribution in [0.15, 0.2) is 36.4 Å². The second kappa shape index (κ2) is 8.55. The van der Waals surface area contributed by atoms with E-state index in [4.69, 9.17) is 23.2 Å². The molecule has 0 heterocycles. The molecule has 0 aromatic heterocycles. The van der Waals surface area contributed by atoms with Crippen molar-refractivity contribution in [1.29, 1.82) is 0 Å². The van der Waals surface area contributed by atoms with E-state index in [-0.39, 0.29) is 5.82 Å². The first-order chi connectivity index (χ1) is 10.2. The lowest BCUT2D eigenvalue weighted by Crippen LogP contribution is -1.90. The zero-order chi connectivity index (χ0) is 16.9. The van der Waals surface area contributed by atoms with Gasteiger partial charge >= 0.3 is 0 Å². The number of benzene rings is 2. The van der Waals surface area contributed by atoms with E-state index >= 15 is 0 Å². The first-order valence-electron chi connectivity index (χ1n) is 7.43. The summed E-state index contributed by atoms with van der Waals surface area (Å²) in [5.41, 5.74) is 3.66. The standard InChI is InChI=1S/C10H13Cl.C9H10ClF/c1-7(2)10-6-9(11)5-4-8(10)3;1-6(2)8-4-3-7(11)5-9(8)10/h4-7H,1-3H3;3-6H,1-2H3. The maximum Gasteiger partial charge on any atom is 0.124 e. The molecular weight excluding hydrogens is 318 g/mol. The van der Waals surface area contributed by atoms with Gasteiger partial charge < -0.3 is 0 Å². The molecule has 0 atom stereocenters. The van der Waals surface area contributed by atoms with Gasteiger partial charge in [-0.2, -0.15) is 0 Å². The van der Waals surface area contributed by atoms with Gasteiger partial charge in [0.1, 0.15) is 5.82 Å². The van der Waals surface area contributed by atoms with Crippen LogP contribution in [0, 0.1) is 12.7 Å². The summed E-state index contributed by atoms with van der Waals surface area (Å²) in [6.07, 6.45) is 0. The van der Waals surface area contributed by atoms with Crippen molar-refractivity contribution in [2.45, 2.75) is 46.5 Å². The van der Waals surface area contributed by atoms with E-state index in [9.17, 15) is 4.39 Å². The summed E-state index contributed by atoms with van der Waals surface area (Å²) in [5, 5.41) is 1.35. The molecule has 0 nitrogen and oxygen atoms in total. The predicted molar refractivity (Wildman–Crippen MR) is 95.8 cm³/mol. The molecule has 3 heteroatoms. The Labute approximate surface area is 143 Å². The fourth-order valence-electron chi connectivity index (χ4n) is 2.20. The fourth-order valence-corrected chi connectivity index (χ4v) is 2.77. The fraction of sp³-hybridized carbons (Fsp3) is 0.368. The van der Waals surface area contributed by atoms with Crippen LogP contribution in [-0.4, -0.2) is 0 Å². The van der Waals surface area contributed by atoms with Crippen molar-refractivity contribution in [3.05, 3.63) is 69.0 Å². The van der Waals surface area contributed by atoms with Gasteiger partial charge in [0, 0.05) is 10.0 Å². The van der Waals surface area contributed by atoms with Gasteiger partial charge in [0.2, 0.25) is 0 Å². The Bertz CT molecular complexity index is 619. The van der Waals surface area contributed by atoms with Crippen LogP contribution in [-0.2, 0) is 0 Å². The van der Waals surface area contributed by atoms with Crippen molar-refractivity contribution in [1.82, 2.24) is 0 Å². The Morgan fingerprint density at radius 3 is 1.86 bits per heavy atom. The van der Waals surface area contributed by atoms with Crippen LogP contribution in [0.5, 0.6) is 0 Å². The van der Waals surface area contributed by atoms with Crippen LogP contribution in [0.3, 0.4) is 0 Å². The van der Waals surface area contributed by atoms with Crippen LogP contribution in [0.2, 0.25) is 10.0 Å². The lowest BCUT2D eigenvalue weighted by atomic mass is 9.98. The van der Waals surface area contributed by atoms with Crippen molar-refractivity contribution in [2.24, 2.45) is 0 Å². The third-order valence-corrected chi connectivity index (χ3v) is 4.01. The molecule has 22 heavy (non-hydrogen) atoms. The summed E-state index contributed by atoms with van der Waals surface area (Å²) in [6, 6.07) is 10.5. The molecule has 0 aliphatic rings. The zero-order valence-corrected chi connectivity index (χ0v) is 15.3. The maximum absolute atomic E-state index is 12.5. The minimum absolute atomic E-state index is 0.278. The Morgan fingerprint density at radius 1 is 0.818 bits per heavy atom. The average molecular weight is 341 g/mol. The van der Waals surface area contributed by atoms with Gasteiger partial charge in [-0.15, -0.1) is 0 Å². The quantitative estimate of drug-likeness (QED) is 0.535. The van der Waals surface area contributed by atoms with E-state index < -0.39 is 0 Å². The van der Waals surface area contributed by atoms with Crippen molar-refractivity contribution in [3.63, 3.8) is 0 Å². The molecule has 0 aliphatic carbocycles. The molecule has 0 bridgehead atoms. The molecule has 0 fully saturated rings. The van der Waals surface area contributed by atoms with E-state index in [0.29, 0.717) is 16.9 Å². The SMILES string of the molecule is CC(C)c1ccc(F)cc1Cl.Cc1ccc(Cl)cc1C(C)C. The molecule has 2 aromatic rings. The highest BCUT2D eigenvalue weighted by molar-refractivity contribution is 6.31. The number of hydrogen-bond donors (Lipinski definition) is 0. The summed E-state index contributed by atoms with van der Waals surface area (Å²) in [6.45, 7) is 10.5. The first kappa shape index (κ1) is 19.0. The van der Waals surface area contributed by atoms with Crippen LogP contribution in [0.25, 0.3) is 0 Å². The minimum Gasteiger partial charge on any atom is -0.207 e. The van der Waals surface area contributed by atoms with Gasteiger partial charge in [0.05, 0.1) is 0 Å². The number of halogens is 3. The molecule has 0 unspecified atom stereocenters. The zero-order valence-electron chi connectivity index (χ0n) is 13.8. The van der Waals surface area contributed by atoms with E-state index in [2.05, 4.69) is 26.8 Å². The van der Waals surface area contributed by atoms with E-state index in [1.807, 2.05) is 26.0 Å². The molecule has 0 radical (unpaired) electrons. The van der Waals surface area contributed by atoms with Gasteiger partial charge in [-0.05, 0) is 59.7 Å². The second-order valence-corrected chi connectivity index (χ2v) is 6.82.